The fraction of sp³-hybridized carbons (Fsp3) is 0.611. The summed E-state index contributed by atoms with van der Waals surface area (Å²) in [7, 11) is -3.12. The molecule has 5 nitrogen and oxygen atoms in total. The molecule has 0 bridgehead atoms. The Morgan fingerprint density at radius 3 is 2.58 bits per heavy atom. The molecule has 4 rings (SSSR count). The second kappa shape index (κ2) is 6.15. The average molecular weight is 349 g/mol. The summed E-state index contributed by atoms with van der Waals surface area (Å²) >= 11 is 0. The largest absolute Gasteiger partial charge is 0.373 e. The van der Waals surface area contributed by atoms with E-state index in [0.717, 1.165) is 18.4 Å². The summed E-state index contributed by atoms with van der Waals surface area (Å²) in [5, 5.41) is -0.449. The summed E-state index contributed by atoms with van der Waals surface area (Å²) in [6, 6.07) is 9.92. The molecule has 0 N–H and O–H groups in total. The highest BCUT2D eigenvalue weighted by atomic mass is 32.2. The molecule has 3 atom stereocenters. The SMILES string of the molecule is O=C(C1CC1)N1C[C@@H]2[C@@H](OCc3ccccc3)CCS(=O)(=O)[C@@H]2C1. The van der Waals surface area contributed by atoms with Gasteiger partial charge in [-0.1, -0.05) is 30.3 Å². The van der Waals surface area contributed by atoms with Crippen LogP contribution >= 0.6 is 0 Å². The first-order valence-corrected chi connectivity index (χ1v) is 10.4. The number of sulfone groups is 1. The van der Waals surface area contributed by atoms with E-state index >= 15 is 0 Å². The first-order chi connectivity index (χ1) is 11.5. The topological polar surface area (TPSA) is 63.7 Å². The summed E-state index contributed by atoms with van der Waals surface area (Å²) in [6.07, 6.45) is 2.34. The standard InChI is InChI=1S/C18H23NO4S/c20-18(14-6-7-14)19-10-15-16(8-9-24(21,22)17(15)11-19)23-12-13-4-2-1-3-5-13/h1-5,14-17H,6-12H2/t15-,16+,17-/m1/s1. The molecule has 0 spiro atoms. The Kier molecular flexibility index (Phi) is 4.12. The van der Waals surface area contributed by atoms with Crippen LogP contribution in [0.1, 0.15) is 24.8 Å². The van der Waals surface area contributed by atoms with E-state index < -0.39 is 15.1 Å². The summed E-state index contributed by atoms with van der Waals surface area (Å²) in [6.45, 7) is 1.37. The fourth-order valence-corrected chi connectivity index (χ4v) is 6.00. The zero-order chi connectivity index (χ0) is 16.7. The molecule has 6 heteroatoms. The van der Waals surface area contributed by atoms with Crippen molar-refractivity contribution in [3.8, 4) is 0 Å². The van der Waals surface area contributed by atoms with Gasteiger partial charge in [0.15, 0.2) is 9.84 Å². The first-order valence-electron chi connectivity index (χ1n) is 8.70. The number of likely N-dealkylation sites (tertiary alicyclic amines) is 1. The number of hydrogen-bond acceptors (Lipinski definition) is 4. The van der Waals surface area contributed by atoms with Crippen molar-refractivity contribution in [3.05, 3.63) is 35.9 Å². The van der Waals surface area contributed by atoms with Gasteiger partial charge in [-0.15, -0.1) is 0 Å². The van der Waals surface area contributed by atoms with Crippen molar-refractivity contribution in [1.82, 2.24) is 4.90 Å². The Hall–Kier alpha value is -1.40. The highest BCUT2D eigenvalue weighted by Crippen LogP contribution is 2.38. The van der Waals surface area contributed by atoms with Gasteiger partial charge in [0.2, 0.25) is 5.91 Å². The van der Waals surface area contributed by atoms with Crippen LogP contribution in [0.2, 0.25) is 0 Å². The molecule has 2 saturated heterocycles. The molecule has 2 heterocycles. The van der Waals surface area contributed by atoms with Gasteiger partial charge in [-0.3, -0.25) is 4.79 Å². The minimum Gasteiger partial charge on any atom is -0.373 e. The lowest BCUT2D eigenvalue weighted by Gasteiger charge is -2.32. The van der Waals surface area contributed by atoms with Gasteiger partial charge in [0.05, 0.1) is 23.7 Å². The first kappa shape index (κ1) is 16.1. The van der Waals surface area contributed by atoms with Gasteiger partial charge in [0.25, 0.3) is 0 Å². The van der Waals surface area contributed by atoms with E-state index in [1.165, 1.54) is 0 Å². The second-order valence-electron chi connectivity index (χ2n) is 7.21. The zero-order valence-corrected chi connectivity index (χ0v) is 14.5. The summed E-state index contributed by atoms with van der Waals surface area (Å²) in [5.74, 6) is 0.354. The normalized spacial score (nSPS) is 31.7. The molecule has 1 aliphatic carbocycles. The quantitative estimate of drug-likeness (QED) is 0.829. The van der Waals surface area contributed by atoms with Gasteiger partial charge >= 0.3 is 0 Å². The van der Waals surface area contributed by atoms with Crippen LogP contribution in [0.4, 0.5) is 0 Å². The van der Waals surface area contributed by atoms with Crippen LogP contribution < -0.4 is 0 Å². The van der Waals surface area contributed by atoms with Crippen LogP contribution in [0, 0.1) is 11.8 Å². The molecule has 24 heavy (non-hydrogen) atoms. The van der Waals surface area contributed by atoms with E-state index in [1.54, 1.807) is 4.90 Å². The monoisotopic (exact) mass is 349 g/mol. The summed E-state index contributed by atoms with van der Waals surface area (Å²) in [4.78, 5) is 14.1. The smallest absolute Gasteiger partial charge is 0.225 e. The third kappa shape index (κ3) is 3.09. The molecule has 130 valence electrons. The minimum absolute atomic E-state index is 0.0873. The van der Waals surface area contributed by atoms with Crippen LogP contribution in [0.3, 0.4) is 0 Å². The molecule has 3 aliphatic rings. The molecule has 1 aromatic rings. The van der Waals surface area contributed by atoms with Crippen molar-refractivity contribution in [2.24, 2.45) is 11.8 Å². The predicted octanol–water partition coefficient (Wildman–Crippen LogP) is 1.63. The van der Waals surface area contributed by atoms with Crippen LogP contribution in [0.15, 0.2) is 30.3 Å². The lowest BCUT2D eigenvalue weighted by molar-refractivity contribution is -0.131. The number of ether oxygens (including phenoxy) is 1. The van der Waals surface area contributed by atoms with E-state index in [2.05, 4.69) is 0 Å². The lowest BCUT2D eigenvalue weighted by Crippen LogP contribution is -2.44. The van der Waals surface area contributed by atoms with E-state index in [-0.39, 0.29) is 29.6 Å². The third-order valence-electron chi connectivity index (χ3n) is 5.48. The van der Waals surface area contributed by atoms with Gasteiger partial charge in [-0.2, -0.15) is 0 Å². The molecule has 0 unspecified atom stereocenters. The van der Waals surface area contributed by atoms with Crippen LogP contribution in [0.25, 0.3) is 0 Å². The van der Waals surface area contributed by atoms with E-state index in [0.29, 0.717) is 26.1 Å². The van der Waals surface area contributed by atoms with E-state index in [1.807, 2.05) is 30.3 Å². The van der Waals surface area contributed by atoms with Gasteiger partial charge in [-0.25, -0.2) is 8.42 Å². The lowest BCUT2D eigenvalue weighted by atomic mass is 9.98. The molecule has 0 radical (unpaired) electrons. The van der Waals surface area contributed by atoms with Gasteiger partial charge in [0.1, 0.15) is 0 Å². The van der Waals surface area contributed by atoms with E-state index in [9.17, 15) is 13.2 Å². The fourth-order valence-electron chi connectivity index (χ4n) is 3.93. The number of fused-ring (bicyclic) bond motifs is 1. The number of nitrogens with zero attached hydrogens (tertiary/aromatic N) is 1. The third-order valence-corrected chi connectivity index (χ3v) is 7.71. The number of carbonyl (C=O) groups is 1. The van der Waals surface area contributed by atoms with Crippen molar-refractivity contribution in [1.29, 1.82) is 0 Å². The van der Waals surface area contributed by atoms with Crippen LogP contribution in [0.5, 0.6) is 0 Å². The van der Waals surface area contributed by atoms with Crippen LogP contribution in [-0.4, -0.2) is 49.4 Å². The van der Waals surface area contributed by atoms with Crippen LogP contribution in [-0.2, 0) is 26.0 Å². The molecule has 2 aliphatic heterocycles. The van der Waals surface area contributed by atoms with Gasteiger partial charge in [0, 0.05) is 24.9 Å². The van der Waals surface area contributed by atoms with Crippen molar-refractivity contribution in [2.45, 2.75) is 37.2 Å². The maximum Gasteiger partial charge on any atom is 0.225 e. The Labute approximate surface area is 142 Å². The van der Waals surface area contributed by atoms with Gasteiger partial charge in [-0.05, 0) is 24.8 Å². The maximum absolute atomic E-state index is 12.4. The number of amides is 1. The van der Waals surface area contributed by atoms with Crippen molar-refractivity contribution < 1.29 is 17.9 Å². The molecular weight excluding hydrogens is 326 g/mol. The molecule has 0 aromatic heterocycles. The van der Waals surface area contributed by atoms with Crippen molar-refractivity contribution in [2.75, 3.05) is 18.8 Å². The zero-order valence-electron chi connectivity index (χ0n) is 13.6. The Balaban J connectivity index is 1.47. The Bertz CT molecular complexity index is 714. The molecule has 1 aromatic carbocycles. The summed E-state index contributed by atoms with van der Waals surface area (Å²) in [5.41, 5.74) is 1.09. The Morgan fingerprint density at radius 1 is 1.12 bits per heavy atom. The van der Waals surface area contributed by atoms with Crippen molar-refractivity contribution in [3.63, 3.8) is 0 Å². The molecule has 3 fully saturated rings. The van der Waals surface area contributed by atoms with Gasteiger partial charge < -0.3 is 9.64 Å². The number of rotatable bonds is 4. The number of hydrogen-bond donors (Lipinski definition) is 0. The highest BCUT2D eigenvalue weighted by Gasteiger charge is 2.51. The van der Waals surface area contributed by atoms with Crippen molar-refractivity contribution >= 4 is 15.7 Å². The number of carbonyl (C=O) groups excluding carboxylic acids is 1. The maximum atomic E-state index is 12.4. The minimum atomic E-state index is -3.12. The highest BCUT2D eigenvalue weighted by molar-refractivity contribution is 7.92. The number of benzene rings is 1. The van der Waals surface area contributed by atoms with E-state index in [4.69, 9.17) is 4.74 Å². The summed E-state index contributed by atoms with van der Waals surface area (Å²) < 4.78 is 31.0. The molecule has 1 saturated carbocycles. The molecular formula is C18H23NO4S. The predicted molar refractivity (Wildman–Crippen MR) is 90.0 cm³/mol. The molecule has 1 amide bonds. The second-order valence-corrected chi connectivity index (χ2v) is 9.55. The Morgan fingerprint density at radius 2 is 1.88 bits per heavy atom. The average Bonchev–Trinajstić information content (AvgIpc) is 3.32.